The Morgan fingerprint density at radius 3 is 3.00 bits per heavy atom. The highest BCUT2D eigenvalue weighted by atomic mass is 32.1. The molecule has 4 heteroatoms. The van der Waals surface area contributed by atoms with Gasteiger partial charge in [-0.15, -0.1) is 0 Å². The summed E-state index contributed by atoms with van der Waals surface area (Å²) in [5.74, 6) is 1.17. The van der Waals surface area contributed by atoms with E-state index in [1.54, 1.807) is 0 Å². The summed E-state index contributed by atoms with van der Waals surface area (Å²) in [6.07, 6.45) is 3.62. The molecular formula is C11H20N2OS. The number of hydrogen-bond donors (Lipinski definition) is 1. The van der Waals surface area contributed by atoms with Gasteiger partial charge >= 0.3 is 0 Å². The van der Waals surface area contributed by atoms with Gasteiger partial charge in [-0.2, -0.15) is 0 Å². The van der Waals surface area contributed by atoms with Crippen molar-refractivity contribution >= 4 is 17.2 Å². The van der Waals surface area contributed by atoms with E-state index in [1.165, 1.54) is 32.4 Å². The third-order valence-electron chi connectivity index (χ3n) is 3.45. The van der Waals surface area contributed by atoms with E-state index in [4.69, 9.17) is 22.7 Å². The Balaban J connectivity index is 1.79. The van der Waals surface area contributed by atoms with Gasteiger partial charge in [0.25, 0.3) is 0 Å². The van der Waals surface area contributed by atoms with Crippen molar-refractivity contribution in [3.05, 3.63) is 0 Å². The van der Waals surface area contributed by atoms with E-state index >= 15 is 0 Å². The van der Waals surface area contributed by atoms with Gasteiger partial charge < -0.3 is 15.4 Å². The van der Waals surface area contributed by atoms with Crippen LogP contribution in [0.25, 0.3) is 0 Å². The predicted octanol–water partition coefficient (Wildman–Crippen LogP) is 1.02. The number of nitrogens with two attached hydrogens (primary N) is 1. The molecule has 0 aliphatic carbocycles. The fourth-order valence-electron chi connectivity index (χ4n) is 2.55. The van der Waals surface area contributed by atoms with E-state index in [9.17, 15) is 0 Å². The largest absolute Gasteiger partial charge is 0.393 e. The predicted molar refractivity (Wildman–Crippen MR) is 64.9 cm³/mol. The van der Waals surface area contributed by atoms with E-state index in [1.807, 2.05) is 0 Å². The van der Waals surface area contributed by atoms with E-state index < -0.39 is 0 Å². The zero-order valence-electron chi connectivity index (χ0n) is 9.15. The lowest BCUT2D eigenvalue weighted by atomic mass is 9.97. The van der Waals surface area contributed by atoms with Crippen LogP contribution in [-0.4, -0.2) is 42.7 Å². The number of hydrogen-bond acceptors (Lipinski definition) is 3. The molecule has 15 heavy (non-hydrogen) atoms. The van der Waals surface area contributed by atoms with Crippen LogP contribution in [0, 0.1) is 11.8 Å². The van der Waals surface area contributed by atoms with Crippen LogP contribution in [-0.2, 0) is 4.74 Å². The van der Waals surface area contributed by atoms with Crippen molar-refractivity contribution in [1.29, 1.82) is 0 Å². The summed E-state index contributed by atoms with van der Waals surface area (Å²) in [5.41, 5.74) is 5.72. The molecule has 0 saturated carbocycles. The number of rotatable bonds is 3. The first-order chi connectivity index (χ1) is 7.25. The van der Waals surface area contributed by atoms with Crippen LogP contribution in [0.3, 0.4) is 0 Å². The Morgan fingerprint density at radius 2 is 2.33 bits per heavy atom. The molecule has 2 rings (SSSR count). The minimum Gasteiger partial charge on any atom is -0.393 e. The minimum atomic E-state index is 0.441. The van der Waals surface area contributed by atoms with Gasteiger partial charge in [0, 0.05) is 25.6 Å². The molecule has 0 amide bonds. The van der Waals surface area contributed by atoms with Crippen molar-refractivity contribution in [2.45, 2.75) is 19.3 Å². The van der Waals surface area contributed by atoms with Crippen LogP contribution >= 0.6 is 12.2 Å². The molecule has 3 nitrogen and oxygen atoms in total. The van der Waals surface area contributed by atoms with Crippen LogP contribution in [0.4, 0.5) is 0 Å². The van der Waals surface area contributed by atoms with Crippen LogP contribution in [0.15, 0.2) is 0 Å². The van der Waals surface area contributed by atoms with Gasteiger partial charge in [0.15, 0.2) is 0 Å². The Kier molecular flexibility index (Phi) is 3.94. The van der Waals surface area contributed by atoms with Gasteiger partial charge in [-0.05, 0) is 31.7 Å². The highest BCUT2D eigenvalue weighted by molar-refractivity contribution is 7.80. The zero-order chi connectivity index (χ0) is 10.7. The first kappa shape index (κ1) is 11.3. The van der Waals surface area contributed by atoms with E-state index in [-0.39, 0.29) is 0 Å². The Morgan fingerprint density at radius 1 is 1.47 bits per heavy atom. The third-order valence-corrected chi connectivity index (χ3v) is 3.78. The van der Waals surface area contributed by atoms with Crippen LogP contribution < -0.4 is 5.73 Å². The third kappa shape index (κ3) is 3.13. The first-order valence-electron chi connectivity index (χ1n) is 5.85. The summed E-state index contributed by atoms with van der Waals surface area (Å²) in [5, 5.41) is 0. The molecule has 2 fully saturated rings. The molecule has 0 aromatic rings. The second kappa shape index (κ2) is 5.23. The van der Waals surface area contributed by atoms with Crippen molar-refractivity contribution in [3.8, 4) is 0 Å². The van der Waals surface area contributed by atoms with Gasteiger partial charge in [-0.1, -0.05) is 12.2 Å². The zero-order valence-corrected chi connectivity index (χ0v) is 9.97. The molecule has 0 radical (unpaired) electrons. The molecule has 0 aromatic heterocycles. The molecule has 2 N–H and O–H groups in total. The lowest BCUT2D eigenvalue weighted by molar-refractivity contribution is 0.149. The molecule has 2 aliphatic heterocycles. The topological polar surface area (TPSA) is 38.5 Å². The van der Waals surface area contributed by atoms with Crippen LogP contribution in [0.5, 0.6) is 0 Å². The maximum Gasteiger partial charge on any atom is 0.0771 e. The first-order valence-corrected chi connectivity index (χ1v) is 6.26. The van der Waals surface area contributed by atoms with Gasteiger partial charge in [-0.25, -0.2) is 0 Å². The van der Waals surface area contributed by atoms with E-state index in [2.05, 4.69) is 4.90 Å². The number of thiocarbonyl (C=S) groups is 1. The molecule has 2 saturated heterocycles. The molecule has 0 spiro atoms. The van der Waals surface area contributed by atoms with Gasteiger partial charge in [0.05, 0.1) is 11.6 Å². The monoisotopic (exact) mass is 228 g/mol. The van der Waals surface area contributed by atoms with Gasteiger partial charge in [0.1, 0.15) is 0 Å². The number of likely N-dealkylation sites (tertiary alicyclic amines) is 1. The average molecular weight is 228 g/mol. The Labute approximate surface area is 96.9 Å². The number of piperidine rings is 1. The average Bonchev–Trinajstić information content (AvgIpc) is 2.71. The SMILES string of the molecule is NC(=S)C1CCCN(CC2CCOC2)C1. The summed E-state index contributed by atoms with van der Waals surface area (Å²) < 4.78 is 5.40. The summed E-state index contributed by atoms with van der Waals surface area (Å²) in [4.78, 5) is 3.20. The molecular weight excluding hydrogens is 208 g/mol. The summed E-state index contributed by atoms with van der Waals surface area (Å²) >= 11 is 5.08. The van der Waals surface area contributed by atoms with Crippen molar-refractivity contribution in [2.75, 3.05) is 32.8 Å². The molecule has 2 heterocycles. The molecule has 86 valence electrons. The molecule has 2 unspecified atom stereocenters. The van der Waals surface area contributed by atoms with Gasteiger partial charge in [-0.3, -0.25) is 0 Å². The van der Waals surface area contributed by atoms with Crippen molar-refractivity contribution in [2.24, 2.45) is 17.6 Å². The molecule has 0 aromatic carbocycles. The fourth-order valence-corrected chi connectivity index (χ4v) is 2.74. The normalized spacial score (nSPS) is 33.1. The van der Waals surface area contributed by atoms with Crippen molar-refractivity contribution in [3.63, 3.8) is 0 Å². The second-order valence-electron chi connectivity index (χ2n) is 4.73. The molecule has 2 atom stereocenters. The van der Waals surface area contributed by atoms with Crippen molar-refractivity contribution in [1.82, 2.24) is 4.90 Å². The molecule has 2 aliphatic rings. The fraction of sp³-hybridized carbons (Fsp3) is 0.909. The highest BCUT2D eigenvalue weighted by Crippen LogP contribution is 2.20. The van der Waals surface area contributed by atoms with Crippen LogP contribution in [0.2, 0.25) is 0 Å². The lowest BCUT2D eigenvalue weighted by Crippen LogP contribution is -2.42. The Hall–Kier alpha value is -0.190. The highest BCUT2D eigenvalue weighted by Gasteiger charge is 2.25. The number of nitrogens with zero attached hydrogens (tertiary/aromatic N) is 1. The van der Waals surface area contributed by atoms with E-state index in [0.29, 0.717) is 10.9 Å². The number of ether oxygens (including phenoxy) is 1. The maximum atomic E-state index is 5.72. The summed E-state index contributed by atoms with van der Waals surface area (Å²) in [6.45, 7) is 5.31. The standard InChI is InChI=1S/C11H20N2OS/c12-11(15)10-2-1-4-13(7-10)6-9-3-5-14-8-9/h9-10H,1-8H2,(H2,12,15). The maximum absolute atomic E-state index is 5.72. The van der Waals surface area contributed by atoms with Crippen LogP contribution in [0.1, 0.15) is 19.3 Å². The van der Waals surface area contributed by atoms with Gasteiger partial charge in [0.2, 0.25) is 0 Å². The van der Waals surface area contributed by atoms with E-state index in [0.717, 1.165) is 25.7 Å². The smallest absolute Gasteiger partial charge is 0.0771 e. The summed E-state index contributed by atoms with van der Waals surface area (Å²) in [6, 6.07) is 0. The Bertz CT molecular complexity index is 229. The van der Waals surface area contributed by atoms with Crippen molar-refractivity contribution < 1.29 is 4.74 Å². The molecule has 0 bridgehead atoms. The second-order valence-corrected chi connectivity index (χ2v) is 5.20. The summed E-state index contributed by atoms with van der Waals surface area (Å²) in [7, 11) is 0. The lowest BCUT2D eigenvalue weighted by Gasteiger charge is -2.33. The quantitative estimate of drug-likeness (QED) is 0.732. The minimum absolute atomic E-state index is 0.441.